The van der Waals surface area contributed by atoms with Crippen LogP contribution < -0.4 is 10.4 Å². The van der Waals surface area contributed by atoms with E-state index in [9.17, 15) is 10.2 Å². The summed E-state index contributed by atoms with van der Waals surface area (Å²) < 4.78 is 24.6. The molecule has 174 valence electrons. The van der Waals surface area contributed by atoms with Crippen molar-refractivity contribution in [1.29, 1.82) is 0 Å². The molecule has 0 aliphatic carbocycles. The minimum Gasteiger partial charge on any atom is -0.405 e. The molecule has 2 aromatic carbocycles. The van der Waals surface area contributed by atoms with Crippen LogP contribution in [-0.2, 0) is 18.6 Å². The van der Waals surface area contributed by atoms with Crippen molar-refractivity contribution in [3.8, 4) is 0 Å². The molecule has 0 amide bonds. The fourth-order valence-electron chi connectivity index (χ4n) is 4.97. The zero-order chi connectivity index (χ0) is 23.2. The van der Waals surface area contributed by atoms with Crippen LogP contribution in [-0.4, -0.2) is 61.6 Å². The fraction of sp³-hybridized carbons (Fsp3) is 0.520. The lowest BCUT2D eigenvalue weighted by Crippen LogP contribution is -2.67. The highest BCUT2D eigenvalue weighted by Crippen LogP contribution is 2.44. The van der Waals surface area contributed by atoms with Gasteiger partial charge >= 0.3 is 0 Å². The lowest BCUT2D eigenvalue weighted by molar-refractivity contribution is -0.237. The van der Waals surface area contributed by atoms with Crippen molar-refractivity contribution in [3.05, 3.63) is 60.7 Å². The van der Waals surface area contributed by atoms with E-state index in [-0.39, 0.29) is 11.6 Å². The lowest BCUT2D eigenvalue weighted by Gasteiger charge is -2.44. The molecule has 7 heteroatoms. The van der Waals surface area contributed by atoms with Gasteiger partial charge in [-0.05, 0) is 29.3 Å². The van der Waals surface area contributed by atoms with Crippen molar-refractivity contribution in [2.75, 3.05) is 13.2 Å². The van der Waals surface area contributed by atoms with Crippen LogP contribution in [0, 0.1) is 0 Å². The van der Waals surface area contributed by atoms with Crippen LogP contribution in [0.15, 0.2) is 60.7 Å². The first-order chi connectivity index (χ1) is 15.0. The van der Waals surface area contributed by atoms with Crippen LogP contribution in [0.4, 0.5) is 0 Å². The van der Waals surface area contributed by atoms with Gasteiger partial charge < -0.3 is 28.8 Å². The Bertz CT molecular complexity index is 874. The Hall–Kier alpha value is -1.58. The minimum absolute atomic E-state index is 0.102. The Morgan fingerprint density at radius 2 is 1.47 bits per heavy atom. The second-order valence-electron chi connectivity index (χ2n) is 10.2. The maximum absolute atomic E-state index is 11.4. The molecule has 2 fully saturated rings. The smallest absolute Gasteiger partial charge is 0.261 e. The summed E-state index contributed by atoms with van der Waals surface area (Å²) in [5.41, 5.74) is -1.62. The molecule has 32 heavy (non-hydrogen) atoms. The highest BCUT2D eigenvalue weighted by atomic mass is 28.4. The van der Waals surface area contributed by atoms with Gasteiger partial charge in [-0.25, -0.2) is 0 Å². The average molecular weight is 459 g/mol. The molecule has 2 heterocycles. The summed E-state index contributed by atoms with van der Waals surface area (Å²) in [6, 6.07) is 20.6. The molecule has 0 radical (unpaired) electrons. The molecule has 0 bridgehead atoms. The quantitative estimate of drug-likeness (QED) is 0.646. The molecule has 2 N–H and O–H groups in total. The molecular formula is C25H34O6Si. The van der Waals surface area contributed by atoms with Gasteiger partial charge in [-0.2, -0.15) is 0 Å². The van der Waals surface area contributed by atoms with Crippen molar-refractivity contribution in [2.45, 2.75) is 69.5 Å². The molecule has 0 unspecified atom stereocenters. The van der Waals surface area contributed by atoms with Crippen LogP contribution in [0.5, 0.6) is 0 Å². The van der Waals surface area contributed by atoms with E-state index in [2.05, 4.69) is 45.0 Å². The van der Waals surface area contributed by atoms with Gasteiger partial charge in [-0.1, -0.05) is 81.4 Å². The summed E-state index contributed by atoms with van der Waals surface area (Å²) >= 11 is 0. The summed E-state index contributed by atoms with van der Waals surface area (Å²) in [6.07, 6.45) is -2.33. The second-order valence-corrected chi connectivity index (χ2v) is 14.5. The monoisotopic (exact) mass is 458 g/mol. The predicted molar refractivity (Wildman–Crippen MR) is 124 cm³/mol. The predicted octanol–water partition coefficient (Wildman–Crippen LogP) is 2.16. The van der Waals surface area contributed by atoms with E-state index in [1.54, 1.807) is 13.8 Å². The van der Waals surface area contributed by atoms with Gasteiger partial charge in [0, 0.05) is 0 Å². The van der Waals surface area contributed by atoms with Crippen molar-refractivity contribution in [2.24, 2.45) is 0 Å². The van der Waals surface area contributed by atoms with Gasteiger partial charge in [-0.15, -0.1) is 0 Å². The Morgan fingerprint density at radius 3 is 1.94 bits per heavy atom. The Labute approximate surface area is 191 Å². The third-order valence-electron chi connectivity index (χ3n) is 6.53. The number of ether oxygens (including phenoxy) is 3. The SMILES string of the molecule is CC1(C)O[C@@H]2O[C@H](CO[Si](c3ccccc3)(c3ccccc3)C(C)(C)C)[C@@](O)(CO)[C@@H]2O1. The van der Waals surface area contributed by atoms with Crippen LogP contribution in [0.2, 0.25) is 5.04 Å². The summed E-state index contributed by atoms with van der Waals surface area (Å²) in [7, 11) is -2.81. The molecule has 0 saturated carbocycles. The molecule has 2 saturated heterocycles. The summed E-state index contributed by atoms with van der Waals surface area (Å²) in [4.78, 5) is 0. The van der Waals surface area contributed by atoms with E-state index in [1.165, 1.54) is 0 Å². The largest absolute Gasteiger partial charge is 0.405 e. The lowest BCUT2D eigenvalue weighted by atomic mass is 9.94. The Kier molecular flexibility index (Phi) is 6.13. The second kappa shape index (κ2) is 8.33. The summed E-state index contributed by atoms with van der Waals surface area (Å²) in [6.45, 7) is 9.69. The average Bonchev–Trinajstić information content (AvgIpc) is 3.19. The number of fused-ring (bicyclic) bond motifs is 1. The molecule has 0 aromatic heterocycles. The molecule has 0 spiro atoms. The van der Waals surface area contributed by atoms with Crippen molar-refractivity contribution in [3.63, 3.8) is 0 Å². The topological polar surface area (TPSA) is 77.4 Å². The number of hydrogen-bond donors (Lipinski definition) is 2. The third kappa shape index (κ3) is 3.86. The van der Waals surface area contributed by atoms with E-state index in [0.29, 0.717) is 0 Å². The number of aliphatic hydroxyl groups excluding tert-OH is 1. The number of hydrogen-bond acceptors (Lipinski definition) is 6. The normalized spacial score (nSPS) is 29.8. The molecule has 2 aliphatic rings. The van der Waals surface area contributed by atoms with E-state index in [1.807, 2.05) is 36.4 Å². The van der Waals surface area contributed by atoms with Gasteiger partial charge in [0.05, 0.1) is 13.2 Å². The van der Waals surface area contributed by atoms with E-state index >= 15 is 0 Å². The van der Waals surface area contributed by atoms with E-state index < -0.39 is 44.8 Å². The van der Waals surface area contributed by atoms with Crippen molar-refractivity contribution in [1.82, 2.24) is 0 Å². The van der Waals surface area contributed by atoms with Crippen LogP contribution >= 0.6 is 0 Å². The van der Waals surface area contributed by atoms with Gasteiger partial charge in [0.1, 0.15) is 17.8 Å². The van der Waals surface area contributed by atoms with E-state index in [4.69, 9.17) is 18.6 Å². The van der Waals surface area contributed by atoms with Crippen LogP contribution in [0.3, 0.4) is 0 Å². The summed E-state index contributed by atoms with van der Waals surface area (Å²) in [5, 5.41) is 23.5. The molecule has 2 aliphatic heterocycles. The van der Waals surface area contributed by atoms with Gasteiger partial charge in [0.25, 0.3) is 8.32 Å². The van der Waals surface area contributed by atoms with Gasteiger partial charge in [0.2, 0.25) is 0 Å². The van der Waals surface area contributed by atoms with Gasteiger partial charge in [-0.3, -0.25) is 0 Å². The molecule has 2 aromatic rings. The molecule has 4 rings (SSSR count). The number of aliphatic hydroxyl groups is 2. The first-order valence-corrected chi connectivity index (χ1v) is 13.0. The van der Waals surface area contributed by atoms with E-state index in [0.717, 1.165) is 10.4 Å². The molecular weight excluding hydrogens is 424 g/mol. The van der Waals surface area contributed by atoms with Gasteiger partial charge in [0.15, 0.2) is 12.1 Å². The Morgan fingerprint density at radius 1 is 0.938 bits per heavy atom. The maximum Gasteiger partial charge on any atom is 0.261 e. The zero-order valence-corrected chi connectivity index (χ0v) is 20.4. The van der Waals surface area contributed by atoms with Crippen LogP contribution in [0.25, 0.3) is 0 Å². The molecule has 6 nitrogen and oxygen atoms in total. The highest BCUT2D eigenvalue weighted by Gasteiger charge is 2.63. The standard InChI is InChI=1S/C25H34O6Si/c1-23(2,3)32(18-12-8-6-9-13-18,19-14-10-7-11-15-19)28-16-20-25(27,17-26)21-22(29-20)31-24(4,5)30-21/h6-15,20-22,26-27H,16-17H2,1-5H3/t20-,21-,22+,25+/m1/s1. The molecule has 4 atom stereocenters. The zero-order valence-electron chi connectivity index (χ0n) is 19.4. The summed E-state index contributed by atoms with van der Waals surface area (Å²) in [5.74, 6) is -0.887. The maximum atomic E-state index is 11.4. The van der Waals surface area contributed by atoms with Crippen molar-refractivity contribution < 1.29 is 28.8 Å². The Balaban J connectivity index is 1.70. The number of rotatable bonds is 6. The third-order valence-corrected chi connectivity index (χ3v) is 11.5. The fourth-order valence-corrected chi connectivity index (χ4v) is 9.52. The highest BCUT2D eigenvalue weighted by molar-refractivity contribution is 6.99. The minimum atomic E-state index is -2.81. The first-order valence-electron chi connectivity index (χ1n) is 11.1. The number of benzene rings is 2. The van der Waals surface area contributed by atoms with Crippen molar-refractivity contribution >= 4 is 18.7 Å². The first kappa shape index (κ1) is 23.6. The van der Waals surface area contributed by atoms with Crippen LogP contribution in [0.1, 0.15) is 34.6 Å².